The van der Waals surface area contributed by atoms with Crippen molar-refractivity contribution in [3.05, 3.63) is 71.9 Å². The lowest BCUT2D eigenvalue weighted by Crippen LogP contribution is -2.35. The third-order valence-corrected chi connectivity index (χ3v) is 5.05. The molecular formula is C21H22N2O. The quantitative estimate of drug-likeness (QED) is 0.760. The van der Waals surface area contributed by atoms with Crippen molar-refractivity contribution in [1.82, 2.24) is 9.88 Å². The minimum absolute atomic E-state index is 0.169. The van der Waals surface area contributed by atoms with E-state index < -0.39 is 0 Å². The highest BCUT2D eigenvalue weighted by Gasteiger charge is 2.29. The Morgan fingerprint density at radius 1 is 1.12 bits per heavy atom. The molecule has 1 amide bonds. The van der Waals surface area contributed by atoms with E-state index in [2.05, 4.69) is 34.1 Å². The van der Waals surface area contributed by atoms with E-state index >= 15 is 0 Å². The molecule has 1 aliphatic heterocycles. The standard InChI is InChI=1S/C21H22N2O/c24-21(18-10-9-17-12-13-22-20(17)15-18)23-14-4-7-19(23)11-8-16-5-2-1-3-6-16/h1-3,5-6,9-10,12-13,15,19,22H,4,7-8,11,14H2. The van der Waals surface area contributed by atoms with Crippen molar-refractivity contribution in [3.63, 3.8) is 0 Å². The topological polar surface area (TPSA) is 36.1 Å². The van der Waals surface area contributed by atoms with Gasteiger partial charge in [0, 0.05) is 29.9 Å². The number of amides is 1. The number of nitrogens with zero attached hydrogens (tertiary/aromatic N) is 1. The van der Waals surface area contributed by atoms with Crippen LogP contribution < -0.4 is 0 Å². The molecule has 3 aromatic rings. The number of aryl methyl sites for hydroxylation is 1. The number of carbonyl (C=O) groups is 1. The second-order valence-electron chi connectivity index (χ2n) is 6.60. The lowest BCUT2D eigenvalue weighted by atomic mass is 10.0. The highest BCUT2D eigenvalue weighted by molar-refractivity contribution is 5.98. The maximum Gasteiger partial charge on any atom is 0.254 e. The number of nitrogens with one attached hydrogen (secondary N) is 1. The molecule has 4 rings (SSSR count). The number of fused-ring (bicyclic) bond motifs is 1. The van der Waals surface area contributed by atoms with Crippen LogP contribution in [0.1, 0.15) is 35.2 Å². The molecule has 1 fully saturated rings. The van der Waals surface area contributed by atoms with Gasteiger partial charge < -0.3 is 9.88 Å². The van der Waals surface area contributed by atoms with E-state index in [-0.39, 0.29) is 5.91 Å². The van der Waals surface area contributed by atoms with Gasteiger partial charge in [-0.1, -0.05) is 36.4 Å². The number of rotatable bonds is 4. The van der Waals surface area contributed by atoms with Gasteiger partial charge in [0.25, 0.3) is 5.91 Å². The van der Waals surface area contributed by atoms with Crippen LogP contribution in [0.15, 0.2) is 60.8 Å². The number of hydrogen-bond donors (Lipinski definition) is 1. The van der Waals surface area contributed by atoms with Crippen LogP contribution in [0.5, 0.6) is 0 Å². The summed E-state index contributed by atoms with van der Waals surface area (Å²) in [5.41, 5.74) is 3.17. The van der Waals surface area contributed by atoms with E-state index in [0.29, 0.717) is 6.04 Å². The predicted octanol–water partition coefficient (Wildman–Crippen LogP) is 4.41. The van der Waals surface area contributed by atoms with E-state index in [1.165, 1.54) is 5.56 Å². The fourth-order valence-corrected chi connectivity index (χ4v) is 3.73. The number of aromatic amines is 1. The smallest absolute Gasteiger partial charge is 0.254 e. The Balaban J connectivity index is 1.48. The van der Waals surface area contributed by atoms with Gasteiger partial charge in [-0.3, -0.25) is 4.79 Å². The van der Waals surface area contributed by atoms with Crippen LogP contribution in [-0.2, 0) is 6.42 Å². The molecule has 0 spiro atoms. The molecule has 2 aromatic carbocycles. The van der Waals surface area contributed by atoms with E-state index in [1.807, 2.05) is 36.5 Å². The average Bonchev–Trinajstić information content (AvgIpc) is 3.28. The molecule has 1 atom stereocenters. The Morgan fingerprint density at radius 3 is 2.88 bits per heavy atom. The van der Waals surface area contributed by atoms with Gasteiger partial charge in [-0.25, -0.2) is 0 Å². The Kier molecular flexibility index (Phi) is 4.08. The van der Waals surface area contributed by atoms with Gasteiger partial charge >= 0.3 is 0 Å². The molecule has 0 bridgehead atoms. The molecule has 3 nitrogen and oxygen atoms in total. The van der Waals surface area contributed by atoms with E-state index in [4.69, 9.17) is 0 Å². The Hall–Kier alpha value is -2.55. The first-order chi connectivity index (χ1) is 11.8. The molecule has 122 valence electrons. The average molecular weight is 318 g/mol. The summed E-state index contributed by atoms with van der Waals surface area (Å²) < 4.78 is 0. The van der Waals surface area contributed by atoms with Gasteiger partial charge in [0.15, 0.2) is 0 Å². The molecular weight excluding hydrogens is 296 g/mol. The lowest BCUT2D eigenvalue weighted by molar-refractivity contribution is 0.0731. The zero-order chi connectivity index (χ0) is 16.4. The molecule has 1 saturated heterocycles. The van der Waals surface area contributed by atoms with Gasteiger partial charge in [0.2, 0.25) is 0 Å². The summed E-state index contributed by atoms with van der Waals surface area (Å²) in [5.74, 6) is 0.169. The minimum atomic E-state index is 0.169. The fourth-order valence-electron chi connectivity index (χ4n) is 3.73. The van der Waals surface area contributed by atoms with Gasteiger partial charge in [0.1, 0.15) is 0 Å². The molecule has 2 heterocycles. The summed E-state index contributed by atoms with van der Waals surface area (Å²) >= 11 is 0. The molecule has 1 aromatic heterocycles. The van der Waals surface area contributed by atoms with Gasteiger partial charge in [-0.2, -0.15) is 0 Å². The number of carbonyl (C=O) groups excluding carboxylic acids is 1. The minimum Gasteiger partial charge on any atom is -0.361 e. The normalized spacial score (nSPS) is 17.5. The van der Waals surface area contributed by atoms with Gasteiger partial charge in [-0.15, -0.1) is 0 Å². The second-order valence-corrected chi connectivity index (χ2v) is 6.60. The molecule has 0 aliphatic carbocycles. The SMILES string of the molecule is O=C(c1ccc2cc[nH]c2c1)N1CCCC1CCc1ccccc1. The first-order valence-electron chi connectivity index (χ1n) is 8.73. The summed E-state index contributed by atoms with van der Waals surface area (Å²) in [6.45, 7) is 0.876. The largest absolute Gasteiger partial charge is 0.361 e. The van der Waals surface area contributed by atoms with Crippen molar-refractivity contribution in [3.8, 4) is 0 Å². The van der Waals surface area contributed by atoms with E-state index in [0.717, 1.165) is 48.7 Å². The van der Waals surface area contributed by atoms with Crippen LogP contribution >= 0.6 is 0 Å². The first kappa shape index (κ1) is 15.0. The van der Waals surface area contributed by atoms with Crippen LogP contribution in [-0.4, -0.2) is 28.4 Å². The summed E-state index contributed by atoms with van der Waals surface area (Å²) in [5, 5.41) is 1.15. The maximum absolute atomic E-state index is 12.9. The highest BCUT2D eigenvalue weighted by Crippen LogP contribution is 2.25. The Labute approximate surface area is 142 Å². The fraction of sp³-hybridized carbons (Fsp3) is 0.286. The molecule has 0 saturated carbocycles. The molecule has 0 radical (unpaired) electrons. The third kappa shape index (κ3) is 2.94. The van der Waals surface area contributed by atoms with Crippen LogP contribution in [0.25, 0.3) is 10.9 Å². The van der Waals surface area contributed by atoms with E-state index in [1.54, 1.807) is 0 Å². The molecule has 24 heavy (non-hydrogen) atoms. The molecule has 1 N–H and O–H groups in total. The zero-order valence-corrected chi connectivity index (χ0v) is 13.7. The van der Waals surface area contributed by atoms with Crippen LogP contribution in [0, 0.1) is 0 Å². The summed E-state index contributed by atoms with van der Waals surface area (Å²) in [6.07, 6.45) is 6.21. The monoisotopic (exact) mass is 318 g/mol. The van der Waals surface area contributed by atoms with Gasteiger partial charge in [-0.05, 0) is 54.8 Å². The Bertz CT molecular complexity index is 837. The van der Waals surface area contributed by atoms with Crippen molar-refractivity contribution in [2.45, 2.75) is 31.7 Å². The number of H-pyrrole nitrogens is 1. The van der Waals surface area contributed by atoms with Crippen molar-refractivity contribution >= 4 is 16.8 Å². The summed E-state index contributed by atoms with van der Waals surface area (Å²) in [4.78, 5) is 18.2. The highest BCUT2D eigenvalue weighted by atomic mass is 16.2. The van der Waals surface area contributed by atoms with Crippen LogP contribution in [0.4, 0.5) is 0 Å². The number of benzene rings is 2. The van der Waals surface area contributed by atoms with Crippen molar-refractivity contribution < 1.29 is 4.79 Å². The zero-order valence-electron chi connectivity index (χ0n) is 13.7. The van der Waals surface area contributed by atoms with Crippen molar-refractivity contribution in [2.24, 2.45) is 0 Å². The van der Waals surface area contributed by atoms with Crippen LogP contribution in [0.2, 0.25) is 0 Å². The van der Waals surface area contributed by atoms with Crippen molar-refractivity contribution in [2.75, 3.05) is 6.54 Å². The van der Waals surface area contributed by atoms with Gasteiger partial charge in [0.05, 0.1) is 0 Å². The number of aromatic nitrogens is 1. The second kappa shape index (κ2) is 6.52. The first-order valence-corrected chi connectivity index (χ1v) is 8.73. The number of hydrogen-bond acceptors (Lipinski definition) is 1. The molecule has 3 heteroatoms. The third-order valence-electron chi connectivity index (χ3n) is 5.05. The maximum atomic E-state index is 12.9. The summed E-state index contributed by atoms with van der Waals surface area (Å²) in [7, 11) is 0. The number of likely N-dealkylation sites (tertiary alicyclic amines) is 1. The molecule has 1 aliphatic rings. The lowest BCUT2D eigenvalue weighted by Gasteiger charge is -2.25. The van der Waals surface area contributed by atoms with Crippen LogP contribution in [0.3, 0.4) is 0 Å². The Morgan fingerprint density at radius 2 is 2.00 bits per heavy atom. The summed E-state index contributed by atoms with van der Waals surface area (Å²) in [6, 6.07) is 18.9. The van der Waals surface area contributed by atoms with E-state index in [9.17, 15) is 4.79 Å². The molecule has 1 unspecified atom stereocenters. The van der Waals surface area contributed by atoms with Crippen molar-refractivity contribution in [1.29, 1.82) is 0 Å². The predicted molar refractivity (Wildman–Crippen MR) is 97.1 cm³/mol.